The molecule has 0 heterocycles. The molecule has 0 aromatic carbocycles. The molecule has 1 N–H and O–H groups in total. The number of unbranched alkanes of at least 4 members (excludes halogenated alkanes) is 46. The summed E-state index contributed by atoms with van der Waals surface area (Å²) < 4.78 is 22.9. The van der Waals surface area contributed by atoms with E-state index in [9.17, 15) is 19.5 Å². The number of rotatable bonds is 63. The molecule has 0 bridgehead atoms. The first-order valence-corrected chi connectivity index (χ1v) is 33.4. The van der Waals surface area contributed by atoms with Crippen LogP contribution in [0.1, 0.15) is 341 Å². The van der Waals surface area contributed by atoms with Crippen molar-refractivity contribution in [2.75, 3.05) is 47.5 Å². The number of nitrogens with zero attached hydrogens (tertiary/aromatic N) is 1. The Morgan fingerprint density at radius 1 is 0.382 bits per heavy atom. The molecule has 0 amide bonds. The molecule has 0 rings (SSSR count). The third kappa shape index (κ3) is 59.7. The van der Waals surface area contributed by atoms with Crippen LogP contribution in [0.4, 0.5) is 0 Å². The van der Waals surface area contributed by atoms with Crippen LogP contribution in [-0.2, 0) is 33.3 Å². The van der Waals surface area contributed by atoms with Crippen LogP contribution in [0.5, 0.6) is 0 Å². The zero-order valence-corrected chi connectivity index (χ0v) is 51.5. The Morgan fingerprint density at radius 3 is 0.974 bits per heavy atom. The van der Waals surface area contributed by atoms with Crippen LogP contribution in [0.25, 0.3) is 0 Å². The van der Waals surface area contributed by atoms with Crippen molar-refractivity contribution in [1.29, 1.82) is 0 Å². The minimum Gasteiger partial charge on any atom is -0.477 e. The fourth-order valence-corrected chi connectivity index (χ4v) is 10.1. The molecule has 0 aromatic heterocycles. The van der Waals surface area contributed by atoms with Crippen LogP contribution < -0.4 is 0 Å². The molecule has 76 heavy (non-hydrogen) atoms. The average molecular weight is 1080 g/mol. The number of esters is 2. The number of ether oxygens (including phenoxy) is 4. The number of carboxylic acids is 1. The third-order valence-corrected chi connectivity index (χ3v) is 15.3. The van der Waals surface area contributed by atoms with Gasteiger partial charge in [-0.05, 0) is 38.5 Å². The molecule has 450 valence electrons. The molecule has 0 spiro atoms. The van der Waals surface area contributed by atoms with Crippen molar-refractivity contribution < 1.29 is 42.9 Å². The highest BCUT2D eigenvalue weighted by molar-refractivity contribution is 5.71. The van der Waals surface area contributed by atoms with Crippen molar-refractivity contribution in [3.05, 3.63) is 12.2 Å². The Kier molecular flexibility index (Phi) is 57.6. The van der Waals surface area contributed by atoms with Gasteiger partial charge in [-0.3, -0.25) is 9.59 Å². The van der Waals surface area contributed by atoms with Crippen LogP contribution in [0.3, 0.4) is 0 Å². The summed E-state index contributed by atoms with van der Waals surface area (Å²) in [5.74, 6) is -1.98. The fraction of sp³-hybridized carbons (Fsp3) is 0.925. The van der Waals surface area contributed by atoms with Crippen molar-refractivity contribution >= 4 is 17.9 Å². The largest absolute Gasteiger partial charge is 0.477 e. The number of aliphatic carboxylic acids is 1. The lowest BCUT2D eigenvalue weighted by molar-refractivity contribution is -0.870. The van der Waals surface area contributed by atoms with Gasteiger partial charge in [-0.2, -0.15) is 0 Å². The first-order valence-electron chi connectivity index (χ1n) is 33.4. The van der Waals surface area contributed by atoms with E-state index in [0.29, 0.717) is 17.4 Å². The zero-order valence-electron chi connectivity index (χ0n) is 51.5. The van der Waals surface area contributed by atoms with Gasteiger partial charge in [0.15, 0.2) is 6.10 Å². The second kappa shape index (κ2) is 59.2. The number of carbonyl (C=O) groups excluding carboxylic acids is 2. The van der Waals surface area contributed by atoms with E-state index >= 15 is 0 Å². The van der Waals surface area contributed by atoms with Gasteiger partial charge in [-0.1, -0.05) is 302 Å². The van der Waals surface area contributed by atoms with Crippen LogP contribution >= 0.6 is 0 Å². The normalized spacial score (nSPS) is 12.7. The number of hydrogen-bond donors (Lipinski definition) is 1. The maximum atomic E-state index is 12.9. The number of hydrogen-bond acceptors (Lipinski definition) is 7. The number of carbonyl (C=O) groups is 3. The predicted octanol–water partition coefficient (Wildman–Crippen LogP) is 20.1. The van der Waals surface area contributed by atoms with E-state index in [4.69, 9.17) is 18.9 Å². The van der Waals surface area contributed by atoms with Gasteiger partial charge in [0.1, 0.15) is 13.2 Å². The number of quaternary nitrogens is 1. The van der Waals surface area contributed by atoms with Crippen molar-refractivity contribution in [2.24, 2.45) is 0 Å². The molecule has 0 fully saturated rings. The van der Waals surface area contributed by atoms with Crippen LogP contribution in [0.15, 0.2) is 12.2 Å². The van der Waals surface area contributed by atoms with E-state index in [1.165, 1.54) is 276 Å². The minimum atomic E-state index is -1.50. The first-order chi connectivity index (χ1) is 37.1. The molecule has 0 saturated heterocycles. The van der Waals surface area contributed by atoms with Gasteiger partial charge in [0.2, 0.25) is 0 Å². The van der Waals surface area contributed by atoms with Crippen LogP contribution in [-0.4, -0.2) is 87.4 Å². The molecule has 9 nitrogen and oxygen atoms in total. The van der Waals surface area contributed by atoms with E-state index in [1.807, 2.05) is 21.1 Å². The first kappa shape index (κ1) is 74.0. The van der Waals surface area contributed by atoms with Gasteiger partial charge in [-0.25, -0.2) is 4.79 Å². The van der Waals surface area contributed by atoms with Crippen LogP contribution in [0.2, 0.25) is 0 Å². The topological polar surface area (TPSA) is 108 Å². The van der Waals surface area contributed by atoms with Gasteiger partial charge < -0.3 is 28.5 Å². The minimum absolute atomic E-state index is 0.173. The maximum absolute atomic E-state index is 12.9. The molecular formula is C67H130NO8+. The van der Waals surface area contributed by atoms with E-state index in [1.54, 1.807) is 0 Å². The molecular weight excluding hydrogens is 947 g/mol. The van der Waals surface area contributed by atoms with Gasteiger partial charge in [-0.15, -0.1) is 0 Å². The zero-order chi connectivity index (χ0) is 55.5. The highest BCUT2D eigenvalue weighted by Gasteiger charge is 2.25. The summed E-state index contributed by atoms with van der Waals surface area (Å²) in [6.07, 6.45) is 67.7. The van der Waals surface area contributed by atoms with E-state index < -0.39 is 18.4 Å². The Hall–Kier alpha value is -1.97. The number of likely N-dealkylation sites (N-methyl/N-ethyl adjacent to an activating group) is 1. The average Bonchev–Trinajstić information content (AvgIpc) is 3.39. The number of allylic oxidation sites excluding steroid dienone is 2. The molecule has 0 aliphatic carbocycles. The van der Waals surface area contributed by atoms with Gasteiger partial charge in [0.25, 0.3) is 6.29 Å². The lowest BCUT2D eigenvalue weighted by Gasteiger charge is -2.25. The summed E-state index contributed by atoms with van der Waals surface area (Å²) in [6.45, 7) is 4.94. The highest BCUT2D eigenvalue weighted by Crippen LogP contribution is 2.19. The molecule has 0 aromatic rings. The second-order valence-corrected chi connectivity index (χ2v) is 24.1. The van der Waals surface area contributed by atoms with E-state index in [2.05, 4.69) is 26.0 Å². The molecule has 0 aliphatic rings. The lowest BCUT2D eigenvalue weighted by Crippen LogP contribution is -2.40. The third-order valence-electron chi connectivity index (χ3n) is 15.3. The van der Waals surface area contributed by atoms with Crippen LogP contribution in [0, 0.1) is 0 Å². The standard InChI is InChI=1S/C67H129NO8/c1-6-8-10-12-14-16-18-20-22-23-24-25-26-27-28-29-30-31-32-33-34-35-36-37-38-39-40-41-42-43-44-46-48-50-52-54-56-58-65(70)76-63(62-75-67(66(71)72)73-60-59-68(3,4)5)61-74-64(69)57-55-53-51-49-47-45-21-19-17-15-13-11-9-7-2/h23-24,63,67H,6-22,25-62H2,1-5H3/p+1/b24-23-. The summed E-state index contributed by atoms with van der Waals surface area (Å²) in [5.41, 5.74) is 0. The highest BCUT2D eigenvalue weighted by atomic mass is 16.7. The Balaban J connectivity index is 3.93. The molecule has 0 aliphatic heterocycles. The summed E-state index contributed by atoms with van der Waals surface area (Å²) in [4.78, 5) is 37.4. The van der Waals surface area contributed by atoms with Crippen molar-refractivity contribution in [2.45, 2.75) is 354 Å². The number of carboxylic acid groups (broad SMARTS) is 1. The van der Waals surface area contributed by atoms with Gasteiger partial charge >= 0.3 is 17.9 Å². The van der Waals surface area contributed by atoms with Gasteiger partial charge in [0.05, 0.1) is 34.4 Å². The van der Waals surface area contributed by atoms with E-state index in [-0.39, 0.29) is 38.2 Å². The summed E-state index contributed by atoms with van der Waals surface area (Å²) in [7, 11) is 5.98. The van der Waals surface area contributed by atoms with Crippen molar-refractivity contribution in [3.63, 3.8) is 0 Å². The van der Waals surface area contributed by atoms with E-state index in [0.717, 1.165) is 38.5 Å². The summed E-state index contributed by atoms with van der Waals surface area (Å²) in [5, 5.41) is 9.71. The Labute approximate surface area is 472 Å². The van der Waals surface area contributed by atoms with Gasteiger partial charge in [0, 0.05) is 12.8 Å². The fourth-order valence-electron chi connectivity index (χ4n) is 10.1. The summed E-state index contributed by atoms with van der Waals surface area (Å²) in [6, 6.07) is 0. The maximum Gasteiger partial charge on any atom is 0.361 e. The predicted molar refractivity (Wildman–Crippen MR) is 323 cm³/mol. The Morgan fingerprint density at radius 2 is 0.671 bits per heavy atom. The lowest BCUT2D eigenvalue weighted by atomic mass is 10.0. The molecule has 0 radical (unpaired) electrons. The van der Waals surface area contributed by atoms with Crippen molar-refractivity contribution in [3.8, 4) is 0 Å². The monoisotopic (exact) mass is 1080 g/mol. The molecule has 2 atom stereocenters. The smallest absolute Gasteiger partial charge is 0.361 e. The molecule has 0 saturated carbocycles. The second-order valence-electron chi connectivity index (χ2n) is 24.1. The molecule has 2 unspecified atom stereocenters. The Bertz CT molecular complexity index is 1250. The quantitative estimate of drug-likeness (QED) is 0.0211. The van der Waals surface area contributed by atoms with Crippen molar-refractivity contribution in [1.82, 2.24) is 0 Å². The summed E-state index contributed by atoms with van der Waals surface area (Å²) >= 11 is 0. The SMILES string of the molecule is CCCCCCCCCC/C=C\CCCCCCCCCCCCCCCCCCCCCCCCCCCC(=O)OC(COC(=O)CCCCCCCCCCCCCCCC)COC(OCC[N+](C)(C)C)C(=O)O. The molecule has 9 heteroatoms.